The van der Waals surface area contributed by atoms with E-state index >= 15 is 0 Å². The topological polar surface area (TPSA) is 182 Å². The van der Waals surface area contributed by atoms with Crippen molar-refractivity contribution in [3.8, 4) is 0 Å². The molecule has 74 valence electrons. The molecule has 0 saturated heterocycles. The molecular formula is H10B3KO9. The van der Waals surface area contributed by atoms with Crippen LogP contribution in [0.25, 0.3) is 0 Å². The number of hydrogen-bond donors (Lipinski definition) is 9. The molecule has 0 aliphatic heterocycles. The van der Waals surface area contributed by atoms with E-state index in [0.29, 0.717) is 0 Å². The van der Waals surface area contributed by atoms with Gasteiger partial charge in [-0.15, -0.1) is 0 Å². The minimum atomic E-state index is -2.17. The molecule has 0 aromatic heterocycles. The molecule has 13 heavy (non-hydrogen) atoms. The van der Waals surface area contributed by atoms with Gasteiger partial charge < -0.3 is 46.6 Å². The molecule has 0 aromatic rings. The summed E-state index contributed by atoms with van der Waals surface area (Å²) in [6.45, 7) is 0. The molecule has 9 N–H and O–H groups in total. The minimum absolute atomic E-state index is 0. The van der Waals surface area contributed by atoms with Crippen LogP contribution in [0.2, 0.25) is 0 Å². The van der Waals surface area contributed by atoms with Gasteiger partial charge in [-0.1, -0.05) is 0 Å². The predicted molar refractivity (Wildman–Crippen MR) is 38.3 cm³/mol. The van der Waals surface area contributed by atoms with E-state index < -0.39 is 22.0 Å². The second-order valence-corrected chi connectivity index (χ2v) is 1.04. The standard InChI is InChI=1S/3BH3O3.K.H/c3*2-1(3)4;;/h3*2-4H;;/q;;;+1;-1. The second kappa shape index (κ2) is 19.1. The summed E-state index contributed by atoms with van der Waals surface area (Å²) in [5.41, 5.74) is 0. The number of hydrogen-bond acceptors (Lipinski definition) is 9. The smallest absolute Gasteiger partial charge is 1.00 e. The van der Waals surface area contributed by atoms with E-state index in [0.717, 1.165) is 0 Å². The molecule has 9 nitrogen and oxygen atoms in total. The van der Waals surface area contributed by atoms with Crippen molar-refractivity contribution in [1.29, 1.82) is 0 Å². The van der Waals surface area contributed by atoms with E-state index in [1.807, 2.05) is 0 Å². The molecule has 0 rings (SSSR count). The van der Waals surface area contributed by atoms with Gasteiger partial charge in [-0.05, 0) is 0 Å². The van der Waals surface area contributed by atoms with E-state index in [-0.39, 0.29) is 52.8 Å². The molecule has 0 aliphatic carbocycles. The average Bonchev–Trinajstić information content (AvgIpc) is 1.54. The third kappa shape index (κ3) is 819. The fourth-order valence-electron chi connectivity index (χ4n) is 0. The Kier molecular flexibility index (Phi) is 35.2. The fourth-order valence-corrected chi connectivity index (χ4v) is 0. The van der Waals surface area contributed by atoms with Crippen LogP contribution < -0.4 is 51.4 Å². The molecular weight excluding hydrogens is 216 g/mol. The van der Waals surface area contributed by atoms with Crippen LogP contribution in [0.4, 0.5) is 0 Å². The molecule has 0 aliphatic rings. The minimum Gasteiger partial charge on any atom is -1.00 e. The third-order valence-electron chi connectivity index (χ3n) is 0. The first-order chi connectivity index (χ1) is 5.20. The predicted octanol–water partition coefficient (Wildman–Crippen LogP) is -9.04. The Labute approximate surface area is 119 Å². The van der Waals surface area contributed by atoms with Crippen LogP contribution in [0.3, 0.4) is 0 Å². The average molecular weight is 226 g/mol. The summed E-state index contributed by atoms with van der Waals surface area (Å²) in [5.74, 6) is 0. The SMILES string of the molecule is OB(O)O.OB(O)O.OB(O)O.[H-].[K+]. The summed E-state index contributed by atoms with van der Waals surface area (Å²) in [5, 5.41) is 64.5. The largest absolute Gasteiger partial charge is 1.00 e. The van der Waals surface area contributed by atoms with Gasteiger partial charge in [-0.25, -0.2) is 0 Å². The summed E-state index contributed by atoms with van der Waals surface area (Å²) in [6, 6.07) is 0. The van der Waals surface area contributed by atoms with Gasteiger partial charge in [0.25, 0.3) is 0 Å². The van der Waals surface area contributed by atoms with E-state index in [9.17, 15) is 0 Å². The summed E-state index contributed by atoms with van der Waals surface area (Å²) in [4.78, 5) is 0. The van der Waals surface area contributed by atoms with Crippen LogP contribution in [0, 0.1) is 0 Å². The maximum Gasteiger partial charge on any atom is 1.00 e. The summed E-state index contributed by atoms with van der Waals surface area (Å²) in [6.07, 6.45) is 0. The molecule has 0 radical (unpaired) electrons. The first-order valence-electron chi connectivity index (χ1n) is 2.32. The van der Waals surface area contributed by atoms with Crippen LogP contribution in [-0.2, 0) is 0 Å². The zero-order valence-electron chi connectivity index (χ0n) is 7.76. The van der Waals surface area contributed by atoms with Crippen LogP contribution in [0.15, 0.2) is 0 Å². The molecule has 0 bridgehead atoms. The third-order valence-corrected chi connectivity index (χ3v) is 0. The second-order valence-electron chi connectivity index (χ2n) is 1.04. The Balaban J connectivity index is -0.0000000270. The van der Waals surface area contributed by atoms with Crippen molar-refractivity contribution in [1.82, 2.24) is 0 Å². The van der Waals surface area contributed by atoms with Crippen molar-refractivity contribution >= 4 is 22.0 Å². The Morgan fingerprint density at radius 3 is 0.462 bits per heavy atom. The van der Waals surface area contributed by atoms with Gasteiger partial charge in [0.15, 0.2) is 0 Å². The van der Waals surface area contributed by atoms with Gasteiger partial charge in [0.1, 0.15) is 0 Å². The van der Waals surface area contributed by atoms with Crippen LogP contribution in [0.1, 0.15) is 1.43 Å². The maximum atomic E-state index is 7.17. The maximum absolute atomic E-state index is 7.17. The zero-order chi connectivity index (χ0) is 10.7. The van der Waals surface area contributed by atoms with Gasteiger partial charge in [0.2, 0.25) is 0 Å². The van der Waals surface area contributed by atoms with Gasteiger partial charge in [0.05, 0.1) is 0 Å². The van der Waals surface area contributed by atoms with Crippen LogP contribution >= 0.6 is 0 Å². The summed E-state index contributed by atoms with van der Waals surface area (Å²) >= 11 is 0. The summed E-state index contributed by atoms with van der Waals surface area (Å²) in [7, 11) is -6.50. The van der Waals surface area contributed by atoms with Gasteiger partial charge in [-0.3, -0.25) is 0 Å². The molecule has 13 heteroatoms. The first kappa shape index (κ1) is 24.0. The van der Waals surface area contributed by atoms with E-state index in [1.54, 1.807) is 0 Å². The number of rotatable bonds is 0. The van der Waals surface area contributed by atoms with Crippen molar-refractivity contribution in [3.05, 3.63) is 0 Å². The fraction of sp³-hybridized carbons (Fsp3) is 0. The Morgan fingerprint density at radius 1 is 0.462 bits per heavy atom. The molecule has 0 fully saturated rings. The Bertz CT molecular complexity index is 48.5. The van der Waals surface area contributed by atoms with Crippen molar-refractivity contribution in [2.45, 2.75) is 0 Å². The van der Waals surface area contributed by atoms with Crippen molar-refractivity contribution in [2.24, 2.45) is 0 Å². The molecule has 0 saturated carbocycles. The van der Waals surface area contributed by atoms with Gasteiger partial charge in [0, 0.05) is 0 Å². The normalized spacial score (nSPS) is 6.23. The first-order valence-corrected chi connectivity index (χ1v) is 2.32. The van der Waals surface area contributed by atoms with E-state index in [4.69, 9.17) is 45.2 Å². The Morgan fingerprint density at radius 2 is 0.462 bits per heavy atom. The summed E-state index contributed by atoms with van der Waals surface area (Å²) < 4.78 is 0. The van der Waals surface area contributed by atoms with Crippen LogP contribution in [0.5, 0.6) is 0 Å². The monoisotopic (exact) mass is 226 g/mol. The van der Waals surface area contributed by atoms with Crippen molar-refractivity contribution in [3.63, 3.8) is 0 Å². The molecule has 0 aromatic carbocycles. The quantitative estimate of drug-likeness (QED) is 0.181. The van der Waals surface area contributed by atoms with Gasteiger partial charge >= 0.3 is 73.3 Å². The van der Waals surface area contributed by atoms with Crippen molar-refractivity contribution in [2.75, 3.05) is 0 Å². The molecule has 0 spiro atoms. The van der Waals surface area contributed by atoms with Crippen LogP contribution in [-0.4, -0.2) is 67.2 Å². The van der Waals surface area contributed by atoms with E-state index in [1.165, 1.54) is 0 Å². The zero-order valence-corrected chi connectivity index (χ0v) is 9.88. The molecule has 0 unspecified atom stereocenters. The van der Waals surface area contributed by atoms with Gasteiger partial charge in [-0.2, -0.15) is 0 Å². The molecule has 0 atom stereocenters. The molecule has 0 amide bonds. The van der Waals surface area contributed by atoms with E-state index in [2.05, 4.69) is 0 Å². The molecule has 0 heterocycles. The Hall–Kier alpha value is 1.47. The van der Waals surface area contributed by atoms with Crippen molar-refractivity contribution < 1.29 is 98.0 Å².